The molecule has 2 rings (SSSR count). The van der Waals surface area contributed by atoms with Crippen molar-refractivity contribution >= 4 is 17.5 Å². The third-order valence-electron chi connectivity index (χ3n) is 2.81. The Hall–Kier alpha value is -1.83. The van der Waals surface area contributed by atoms with E-state index in [1.54, 1.807) is 6.08 Å². The van der Waals surface area contributed by atoms with Crippen molar-refractivity contribution in [2.45, 2.75) is 12.8 Å². The van der Waals surface area contributed by atoms with Gasteiger partial charge in [-0.05, 0) is 41.8 Å². The summed E-state index contributed by atoms with van der Waals surface area (Å²) in [6.45, 7) is 0. The Morgan fingerprint density at radius 2 is 1.88 bits per heavy atom. The molecule has 0 saturated carbocycles. The fraction of sp³-hybridized carbons (Fsp3) is 0.267. The molecule has 0 saturated heterocycles. The van der Waals surface area contributed by atoms with Crippen molar-refractivity contribution < 1.29 is 4.79 Å². The molecule has 0 heterocycles. The van der Waals surface area contributed by atoms with Gasteiger partial charge in [-0.15, -0.1) is 0 Å². The summed E-state index contributed by atoms with van der Waals surface area (Å²) in [7, 11) is 4.05. The van der Waals surface area contributed by atoms with E-state index in [9.17, 15) is 4.79 Å². The first-order valence-corrected chi connectivity index (χ1v) is 5.76. The van der Waals surface area contributed by atoms with Gasteiger partial charge in [-0.25, -0.2) is 0 Å². The zero-order valence-electron chi connectivity index (χ0n) is 10.2. The molecule has 0 N–H and O–H groups in total. The maximum absolute atomic E-state index is 11.0. The second-order valence-electron chi connectivity index (χ2n) is 4.41. The number of rotatable bonds is 2. The van der Waals surface area contributed by atoms with Crippen LogP contribution in [0.15, 0.2) is 35.9 Å². The van der Waals surface area contributed by atoms with Gasteiger partial charge >= 0.3 is 0 Å². The highest BCUT2D eigenvalue weighted by atomic mass is 16.1. The zero-order chi connectivity index (χ0) is 12.3. The van der Waals surface area contributed by atoms with Gasteiger partial charge in [0.15, 0.2) is 5.78 Å². The molecule has 0 atom stereocenters. The van der Waals surface area contributed by atoms with Crippen LogP contribution in [0.1, 0.15) is 18.4 Å². The molecular formula is C15H16NO. The van der Waals surface area contributed by atoms with Crippen molar-refractivity contribution in [2.24, 2.45) is 0 Å². The molecule has 2 heteroatoms. The third kappa shape index (κ3) is 3.06. The standard InChI is InChI=1S/C15H16NO/c1-16(2)14-7-3-12(4-8-14)11-13-5-9-15(17)10-6-13/h3-4,7-8,10-11H,5,9H2,1-2H3. The predicted molar refractivity (Wildman–Crippen MR) is 70.8 cm³/mol. The summed E-state index contributed by atoms with van der Waals surface area (Å²) in [5, 5.41) is 0. The van der Waals surface area contributed by atoms with Crippen LogP contribution in [0, 0.1) is 6.08 Å². The second kappa shape index (κ2) is 5.00. The third-order valence-corrected chi connectivity index (χ3v) is 2.81. The molecule has 1 aromatic carbocycles. The van der Waals surface area contributed by atoms with E-state index in [-0.39, 0.29) is 5.78 Å². The first-order chi connectivity index (χ1) is 8.15. The lowest BCUT2D eigenvalue weighted by molar-refractivity contribution is -0.114. The maximum Gasteiger partial charge on any atom is 0.156 e. The molecule has 1 aromatic rings. The fourth-order valence-corrected chi connectivity index (χ4v) is 1.76. The normalized spacial score (nSPS) is 17.5. The number of allylic oxidation sites excluding steroid dienone is 3. The molecular weight excluding hydrogens is 210 g/mol. The molecule has 0 aliphatic heterocycles. The summed E-state index contributed by atoms with van der Waals surface area (Å²) in [5.41, 5.74) is 3.44. The number of benzene rings is 1. The minimum Gasteiger partial charge on any atom is -0.378 e. The van der Waals surface area contributed by atoms with Gasteiger partial charge in [-0.3, -0.25) is 4.79 Å². The number of carbonyl (C=O) groups is 1. The quantitative estimate of drug-likeness (QED) is 0.773. The first-order valence-electron chi connectivity index (χ1n) is 5.76. The highest BCUT2D eigenvalue weighted by Crippen LogP contribution is 2.19. The highest BCUT2D eigenvalue weighted by molar-refractivity contribution is 5.91. The Balaban J connectivity index is 2.16. The summed E-state index contributed by atoms with van der Waals surface area (Å²) >= 11 is 0. The highest BCUT2D eigenvalue weighted by Gasteiger charge is 2.06. The molecule has 0 aromatic heterocycles. The largest absolute Gasteiger partial charge is 0.378 e. The van der Waals surface area contributed by atoms with E-state index >= 15 is 0 Å². The average molecular weight is 226 g/mol. The average Bonchev–Trinajstić information content (AvgIpc) is 2.33. The van der Waals surface area contributed by atoms with Gasteiger partial charge in [0.05, 0.1) is 0 Å². The lowest BCUT2D eigenvalue weighted by atomic mass is 9.99. The van der Waals surface area contributed by atoms with E-state index in [1.807, 2.05) is 14.1 Å². The van der Waals surface area contributed by atoms with E-state index in [0.29, 0.717) is 6.42 Å². The van der Waals surface area contributed by atoms with Crippen molar-refractivity contribution in [3.8, 4) is 0 Å². The fourth-order valence-electron chi connectivity index (χ4n) is 1.76. The number of anilines is 1. The Bertz CT molecular complexity index is 466. The van der Waals surface area contributed by atoms with Gasteiger partial charge in [-0.1, -0.05) is 18.2 Å². The number of nitrogens with zero attached hydrogens (tertiary/aromatic N) is 1. The molecule has 17 heavy (non-hydrogen) atoms. The minimum atomic E-state index is 0.171. The summed E-state index contributed by atoms with van der Waals surface area (Å²) < 4.78 is 0. The Morgan fingerprint density at radius 3 is 2.41 bits per heavy atom. The lowest BCUT2D eigenvalue weighted by Crippen LogP contribution is -2.07. The summed E-state index contributed by atoms with van der Waals surface area (Å²) in [5.74, 6) is 0.171. The molecule has 0 amide bonds. The molecule has 87 valence electrons. The van der Waals surface area contributed by atoms with Crippen LogP contribution in [0.4, 0.5) is 5.69 Å². The van der Waals surface area contributed by atoms with Crippen LogP contribution in [0.2, 0.25) is 0 Å². The second-order valence-corrected chi connectivity index (χ2v) is 4.41. The van der Waals surface area contributed by atoms with Crippen LogP contribution in [0.3, 0.4) is 0 Å². The summed E-state index contributed by atoms with van der Waals surface area (Å²) in [4.78, 5) is 13.1. The topological polar surface area (TPSA) is 20.3 Å². The molecule has 2 nitrogen and oxygen atoms in total. The zero-order valence-corrected chi connectivity index (χ0v) is 10.2. The molecule has 0 unspecified atom stereocenters. The van der Waals surface area contributed by atoms with Crippen molar-refractivity contribution in [3.63, 3.8) is 0 Å². The van der Waals surface area contributed by atoms with E-state index in [0.717, 1.165) is 17.6 Å². The van der Waals surface area contributed by atoms with Crippen LogP contribution >= 0.6 is 0 Å². The van der Waals surface area contributed by atoms with Gasteiger partial charge in [0, 0.05) is 26.2 Å². The smallest absolute Gasteiger partial charge is 0.156 e. The van der Waals surface area contributed by atoms with Gasteiger partial charge in [0.25, 0.3) is 0 Å². The maximum atomic E-state index is 11.0. The van der Waals surface area contributed by atoms with Crippen molar-refractivity contribution in [2.75, 3.05) is 19.0 Å². The van der Waals surface area contributed by atoms with Crippen molar-refractivity contribution in [1.82, 2.24) is 0 Å². The number of hydrogen-bond acceptors (Lipinski definition) is 2. The molecule has 0 spiro atoms. The van der Waals surface area contributed by atoms with Gasteiger partial charge in [0.2, 0.25) is 0 Å². The van der Waals surface area contributed by atoms with E-state index in [4.69, 9.17) is 0 Å². The van der Waals surface area contributed by atoms with Crippen LogP contribution in [-0.2, 0) is 4.79 Å². The van der Waals surface area contributed by atoms with Crippen molar-refractivity contribution in [1.29, 1.82) is 0 Å². The Labute approximate surface area is 102 Å². The number of hydrogen-bond donors (Lipinski definition) is 0. The molecule has 0 fully saturated rings. The van der Waals surface area contributed by atoms with Gasteiger partial charge in [0.1, 0.15) is 0 Å². The first kappa shape index (κ1) is 11.6. The van der Waals surface area contributed by atoms with E-state index < -0.39 is 0 Å². The molecule has 1 radical (unpaired) electrons. The molecule has 0 bridgehead atoms. The Morgan fingerprint density at radius 1 is 1.18 bits per heavy atom. The SMILES string of the molecule is CN(C)c1ccc(C=C2[C]=CC(=O)CC2)cc1. The van der Waals surface area contributed by atoms with Crippen LogP contribution in [0.5, 0.6) is 0 Å². The minimum absolute atomic E-state index is 0.171. The van der Waals surface area contributed by atoms with E-state index in [1.165, 1.54) is 5.69 Å². The summed E-state index contributed by atoms with van der Waals surface area (Å²) in [6, 6.07) is 8.34. The molecule has 1 aliphatic rings. The van der Waals surface area contributed by atoms with Gasteiger partial charge < -0.3 is 4.90 Å². The summed E-state index contributed by atoms with van der Waals surface area (Å²) in [6.07, 6.45) is 8.06. The monoisotopic (exact) mass is 226 g/mol. The predicted octanol–water partition coefficient (Wildman–Crippen LogP) is 2.86. The van der Waals surface area contributed by atoms with Crippen LogP contribution < -0.4 is 4.90 Å². The Kier molecular flexibility index (Phi) is 3.43. The van der Waals surface area contributed by atoms with Crippen LogP contribution in [0.25, 0.3) is 6.08 Å². The van der Waals surface area contributed by atoms with Crippen LogP contribution in [-0.4, -0.2) is 19.9 Å². The lowest BCUT2D eigenvalue weighted by Gasteiger charge is -2.12. The van der Waals surface area contributed by atoms with E-state index in [2.05, 4.69) is 41.3 Å². The number of carbonyl (C=O) groups excluding carboxylic acids is 1. The number of ketones is 1. The van der Waals surface area contributed by atoms with Crippen molar-refractivity contribution in [3.05, 3.63) is 47.6 Å². The molecule has 1 aliphatic carbocycles. The van der Waals surface area contributed by atoms with Gasteiger partial charge in [-0.2, -0.15) is 0 Å².